The van der Waals surface area contributed by atoms with Crippen molar-refractivity contribution in [2.24, 2.45) is 0 Å². The van der Waals surface area contributed by atoms with Crippen LogP contribution in [0.2, 0.25) is 0 Å². The molecule has 0 spiro atoms. The molecule has 4 heteroatoms. The summed E-state index contributed by atoms with van der Waals surface area (Å²) in [5.41, 5.74) is 1.24. The molecule has 0 fully saturated rings. The van der Waals surface area contributed by atoms with E-state index in [2.05, 4.69) is 40.3 Å². The van der Waals surface area contributed by atoms with Crippen LogP contribution in [0.1, 0.15) is 18.5 Å². The molecule has 0 amide bonds. The minimum atomic E-state index is -0.199. The fourth-order valence-corrected chi connectivity index (χ4v) is 1.85. The van der Waals surface area contributed by atoms with E-state index in [1.165, 1.54) is 5.56 Å². The maximum absolute atomic E-state index is 5.12. The third-order valence-electron chi connectivity index (χ3n) is 2.47. The molecule has 1 atom stereocenters. The molecule has 0 aliphatic rings. The van der Waals surface area contributed by atoms with Crippen LogP contribution in [0.25, 0.3) is 0 Å². The summed E-state index contributed by atoms with van der Waals surface area (Å²) in [5.74, 6) is 0. The zero-order chi connectivity index (χ0) is 12.0. The highest BCUT2D eigenvalue weighted by atomic mass is 79.9. The summed E-state index contributed by atoms with van der Waals surface area (Å²) < 4.78 is 11.3. The van der Waals surface area contributed by atoms with Gasteiger partial charge in [0.2, 0.25) is 0 Å². The monoisotopic (exact) mass is 287 g/mol. The normalized spacial score (nSPS) is 13.1. The molecule has 90 valence electrons. The molecule has 0 saturated carbocycles. The van der Waals surface area contributed by atoms with Gasteiger partial charge in [0.05, 0.1) is 0 Å². The number of benzene rings is 1. The topological polar surface area (TPSA) is 30.5 Å². The van der Waals surface area contributed by atoms with Crippen LogP contribution in [-0.4, -0.2) is 27.1 Å². The second kappa shape index (κ2) is 7.01. The molecule has 0 radical (unpaired) electrons. The molecule has 1 N–H and O–H groups in total. The second-order valence-corrected chi connectivity index (χ2v) is 4.50. The lowest BCUT2D eigenvalue weighted by molar-refractivity contribution is -0.0997. The zero-order valence-corrected chi connectivity index (χ0v) is 11.5. The standard InChI is InChI=1S/C12H18BrNO2/c1-9(14-8-12(15-2)16-3)10-5-4-6-11(13)7-10/h4-7,9,12,14H,8H2,1-3H3/t9-/m1/s1. The summed E-state index contributed by atoms with van der Waals surface area (Å²) in [7, 11) is 3.28. The molecule has 0 saturated heterocycles. The number of ether oxygens (including phenoxy) is 2. The van der Waals surface area contributed by atoms with Gasteiger partial charge in [0.25, 0.3) is 0 Å². The Morgan fingerprint density at radius 3 is 2.56 bits per heavy atom. The molecular formula is C12H18BrNO2. The average molecular weight is 288 g/mol. The quantitative estimate of drug-likeness (QED) is 0.816. The smallest absolute Gasteiger partial charge is 0.169 e. The van der Waals surface area contributed by atoms with Crippen LogP contribution in [0, 0.1) is 0 Å². The molecule has 1 rings (SSSR count). The van der Waals surface area contributed by atoms with Gasteiger partial charge in [-0.2, -0.15) is 0 Å². The molecule has 0 aromatic heterocycles. The summed E-state index contributed by atoms with van der Waals surface area (Å²) in [4.78, 5) is 0. The molecule has 1 aromatic rings. The highest BCUT2D eigenvalue weighted by molar-refractivity contribution is 9.10. The van der Waals surface area contributed by atoms with E-state index in [9.17, 15) is 0 Å². The highest BCUT2D eigenvalue weighted by Crippen LogP contribution is 2.17. The number of nitrogens with one attached hydrogen (secondary N) is 1. The first-order chi connectivity index (χ1) is 7.67. The molecule has 1 aromatic carbocycles. The van der Waals surface area contributed by atoms with Crippen LogP contribution >= 0.6 is 15.9 Å². The Morgan fingerprint density at radius 2 is 2.00 bits per heavy atom. The third-order valence-corrected chi connectivity index (χ3v) is 2.96. The number of hydrogen-bond donors (Lipinski definition) is 1. The van der Waals surface area contributed by atoms with Gasteiger partial charge in [-0.25, -0.2) is 0 Å². The van der Waals surface area contributed by atoms with Crippen molar-refractivity contribution in [3.63, 3.8) is 0 Å². The predicted octanol–water partition coefficient (Wildman–Crippen LogP) is 2.72. The van der Waals surface area contributed by atoms with Crippen LogP contribution in [0.5, 0.6) is 0 Å². The fourth-order valence-electron chi connectivity index (χ4n) is 1.43. The molecule has 0 unspecified atom stereocenters. The summed E-state index contributed by atoms with van der Waals surface area (Å²) in [5, 5.41) is 3.36. The van der Waals surface area contributed by atoms with Crippen LogP contribution in [0.3, 0.4) is 0 Å². The van der Waals surface area contributed by atoms with Gasteiger partial charge >= 0.3 is 0 Å². The zero-order valence-electron chi connectivity index (χ0n) is 9.87. The van der Waals surface area contributed by atoms with E-state index in [0.29, 0.717) is 6.54 Å². The largest absolute Gasteiger partial charge is 0.355 e. The Hall–Kier alpha value is -0.420. The third kappa shape index (κ3) is 4.22. The Bertz CT molecular complexity index is 316. The Balaban J connectivity index is 2.49. The predicted molar refractivity (Wildman–Crippen MR) is 68.4 cm³/mol. The van der Waals surface area contributed by atoms with E-state index in [-0.39, 0.29) is 12.3 Å². The first-order valence-electron chi connectivity index (χ1n) is 5.21. The first-order valence-corrected chi connectivity index (χ1v) is 6.01. The lowest BCUT2D eigenvalue weighted by atomic mass is 10.1. The van der Waals surface area contributed by atoms with Crippen molar-refractivity contribution >= 4 is 15.9 Å². The number of hydrogen-bond acceptors (Lipinski definition) is 3. The SMILES string of the molecule is COC(CN[C@H](C)c1cccc(Br)c1)OC. The van der Waals surface area contributed by atoms with Gasteiger partial charge in [0, 0.05) is 31.3 Å². The molecule has 0 aliphatic heterocycles. The van der Waals surface area contributed by atoms with Crippen molar-refractivity contribution < 1.29 is 9.47 Å². The molecule has 0 aliphatic carbocycles. The van der Waals surface area contributed by atoms with Crippen molar-refractivity contribution in [2.75, 3.05) is 20.8 Å². The van der Waals surface area contributed by atoms with Crippen molar-refractivity contribution in [3.05, 3.63) is 34.3 Å². The Kier molecular flexibility index (Phi) is 5.98. The van der Waals surface area contributed by atoms with Crippen molar-refractivity contribution in [1.29, 1.82) is 0 Å². The summed E-state index contributed by atoms with van der Waals surface area (Å²) in [6.45, 7) is 2.78. The number of rotatable bonds is 6. The molecule has 0 bridgehead atoms. The summed E-state index contributed by atoms with van der Waals surface area (Å²) >= 11 is 3.46. The van der Waals surface area contributed by atoms with E-state index in [4.69, 9.17) is 9.47 Å². The Labute approximate surface area is 105 Å². The van der Waals surface area contributed by atoms with Crippen molar-refractivity contribution in [3.8, 4) is 0 Å². The summed E-state index contributed by atoms with van der Waals surface area (Å²) in [6.07, 6.45) is -0.199. The van der Waals surface area contributed by atoms with Gasteiger partial charge in [-0.3, -0.25) is 0 Å². The first kappa shape index (κ1) is 13.6. The highest BCUT2D eigenvalue weighted by Gasteiger charge is 2.09. The maximum Gasteiger partial charge on any atom is 0.169 e. The van der Waals surface area contributed by atoms with E-state index in [0.717, 1.165) is 4.47 Å². The van der Waals surface area contributed by atoms with Gasteiger partial charge in [-0.05, 0) is 24.6 Å². The van der Waals surface area contributed by atoms with Crippen LogP contribution in [-0.2, 0) is 9.47 Å². The Morgan fingerprint density at radius 1 is 1.31 bits per heavy atom. The minimum absolute atomic E-state index is 0.199. The minimum Gasteiger partial charge on any atom is -0.355 e. The van der Waals surface area contributed by atoms with Gasteiger partial charge in [0.1, 0.15) is 0 Å². The van der Waals surface area contributed by atoms with Crippen molar-refractivity contribution in [1.82, 2.24) is 5.32 Å². The maximum atomic E-state index is 5.12. The van der Waals surface area contributed by atoms with Crippen LogP contribution < -0.4 is 5.32 Å². The molecular weight excluding hydrogens is 270 g/mol. The van der Waals surface area contributed by atoms with Crippen LogP contribution in [0.4, 0.5) is 0 Å². The van der Waals surface area contributed by atoms with E-state index in [1.807, 2.05) is 12.1 Å². The van der Waals surface area contributed by atoms with Gasteiger partial charge in [-0.15, -0.1) is 0 Å². The van der Waals surface area contributed by atoms with Gasteiger partial charge in [-0.1, -0.05) is 28.1 Å². The molecule has 16 heavy (non-hydrogen) atoms. The second-order valence-electron chi connectivity index (χ2n) is 3.59. The van der Waals surface area contributed by atoms with Gasteiger partial charge in [0.15, 0.2) is 6.29 Å². The average Bonchev–Trinajstić information content (AvgIpc) is 2.30. The van der Waals surface area contributed by atoms with E-state index >= 15 is 0 Å². The van der Waals surface area contributed by atoms with Crippen molar-refractivity contribution in [2.45, 2.75) is 19.3 Å². The lowest BCUT2D eigenvalue weighted by Crippen LogP contribution is -2.31. The number of methoxy groups -OCH3 is 2. The lowest BCUT2D eigenvalue weighted by Gasteiger charge is -2.19. The van der Waals surface area contributed by atoms with Crippen LogP contribution in [0.15, 0.2) is 28.7 Å². The summed E-state index contributed by atoms with van der Waals surface area (Å²) in [6, 6.07) is 8.51. The fraction of sp³-hybridized carbons (Fsp3) is 0.500. The van der Waals surface area contributed by atoms with Gasteiger partial charge < -0.3 is 14.8 Å². The van der Waals surface area contributed by atoms with E-state index < -0.39 is 0 Å². The molecule has 0 heterocycles. The number of halogens is 1. The molecule has 3 nitrogen and oxygen atoms in total. The van der Waals surface area contributed by atoms with E-state index in [1.54, 1.807) is 14.2 Å².